The van der Waals surface area contributed by atoms with Crippen LogP contribution in [0.2, 0.25) is 0 Å². The fourth-order valence-corrected chi connectivity index (χ4v) is 4.70. The van der Waals surface area contributed by atoms with E-state index in [0.29, 0.717) is 53.0 Å². The summed E-state index contributed by atoms with van der Waals surface area (Å²) in [5.74, 6) is -1.76. The molecule has 1 aliphatic heterocycles. The molecular weight excluding hydrogens is 471 g/mol. The number of hydrogen-bond donors (Lipinski definition) is 1. The third-order valence-electron chi connectivity index (χ3n) is 6.32. The van der Waals surface area contributed by atoms with Crippen LogP contribution in [0.15, 0.2) is 58.9 Å². The Balaban J connectivity index is 1.77. The molecule has 0 saturated carbocycles. The largest absolute Gasteiger partial charge is 0.496 e. The number of esters is 1. The summed E-state index contributed by atoms with van der Waals surface area (Å²) in [6.07, 6.45) is 1.77. The summed E-state index contributed by atoms with van der Waals surface area (Å²) in [6.45, 7) is 1.58. The lowest BCUT2D eigenvalue weighted by atomic mass is 9.75. The van der Waals surface area contributed by atoms with Gasteiger partial charge in [-0.05, 0) is 43.5 Å². The van der Waals surface area contributed by atoms with E-state index >= 15 is 0 Å². The molecule has 36 heavy (non-hydrogen) atoms. The number of Topliss-reactive ketones (excluding diaryl/α,β-unsaturated/α-hetero) is 1. The molecule has 4 rings (SSSR count). The van der Waals surface area contributed by atoms with Crippen molar-refractivity contribution in [2.75, 3.05) is 14.2 Å². The van der Waals surface area contributed by atoms with Crippen LogP contribution in [0.1, 0.15) is 43.2 Å². The first kappa shape index (κ1) is 24.9. The zero-order valence-electron chi connectivity index (χ0n) is 20.1. The smallest absolute Gasteiger partial charge is 0.336 e. The molecule has 0 spiro atoms. The standard InChI is InChI=1S/C26H25FN2O7/c1-14-23(26(31)35-3)24(25-18(28-14)5-4-6-20(25)30)15-7-10-21(34-2)16(11-15)13-36-22-12-17(27)8-9-19(22)29(32)33/h7-12,24,28H,4-6,13H2,1-3H3/t24-/m1/s1. The first-order valence-electron chi connectivity index (χ1n) is 11.3. The van der Waals surface area contributed by atoms with Gasteiger partial charge < -0.3 is 19.5 Å². The van der Waals surface area contributed by atoms with E-state index in [9.17, 15) is 24.1 Å². The van der Waals surface area contributed by atoms with Crippen molar-refractivity contribution < 1.29 is 33.1 Å². The third-order valence-corrected chi connectivity index (χ3v) is 6.32. The second-order valence-electron chi connectivity index (χ2n) is 8.49. The second kappa shape index (κ2) is 10.2. The van der Waals surface area contributed by atoms with E-state index in [-0.39, 0.29) is 23.8 Å². The van der Waals surface area contributed by atoms with Crippen molar-refractivity contribution >= 4 is 17.4 Å². The minimum Gasteiger partial charge on any atom is -0.496 e. The number of ether oxygens (including phenoxy) is 3. The number of benzene rings is 2. The Bertz CT molecular complexity index is 1320. The van der Waals surface area contributed by atoms with Gasteiger partial charge in [0.15, 0.2) is 11.5 Å². The van der Waals surface area contributed by atoms with Crippen LogP contribution in [0.4, 0.5) is 10.1 Å². The molecule has 0 bridgehead atoms. The Morgan fingerprint density at radius 3 is 2.64 bits per heavy atom. The number of nitrogens with zero attached hydrogens (tertiary/aromatic N) is 1. The number of carbonyl (C=O) groups excluding carboxylic acids is 2. The highest BCUT2D eigenvalue weighted by Gasteiger charge is 2.39. The average molecular weight is 496 g/mol. The number of nitro benzene ring substituents is 1. The molecule has 0 saturated heterocycles. The predicted octanol–water partition coefficient (Wildman–Crippen LogP) is 4.46. The maximum atomic E-state index is 13.8. The monoisotopic (exact) mass is 496 g/mol. The van der Waals surface area contributed by atoms with Gasteiger partial charge in [-0.15, -0.1) is 0 Å². The highest BCUT2D eigenvalue weighted by atomic mass is 19.1. The first-order chi connectivity index (χ1) is 17.2. The average Bonchev–Trinajstić information content (AvgIpc) is 2.86. The molecule has 10 heteroatoms. The van der Waals surface area contributed by atoms with Crippen LogP contribution < -0.4 is 14.8 Å². The molecule has 188 valence electrons. The number of halogens is 1. The van der Waals surface area contributed by atoms with Crippen LogP contribution >= 0.6 is 0 Å². The lowest BCUT2D eigenvalue weighted by Crippen LogP contribution is -2.34. The van der Waals surface area contributed by atoms with Gasteiger partial charge in [0.05, 0.1) is 24.7 Å². The molecule has 1 aliphatic carbocycles. The van der Waals surface area contributed by atoms with E-state index in [1.54, 1.807) is 25.1 Å². The molecule has 0 radical (unpaired) electrons. The highest BCUT2D eigenvalue weighted by molar-refractivity contribution is 6.03. The molecule has 1 atom stereocenters. The van der Waals surface area contributed by atoms with Crippen molar-refractivity contribution in [2.24, 2.45) is 0 Å². The normalized spacial score (nSPS) is 17.3. The van der Waals surface area contributed by atoms with Crippen molar-refractivity contribution in [1.82, 2.24) is 5.32 Å². The van der Waals surface area contributed by atoms with Crippen molar-refractivity contribution in [2.45, 2.75) is 38.7 Å². The van der Waals surface area contributed by atoms with E-state index < -0.39 is 22.6 Å². The molecule has 2 aromatic carbocycles. The number of rotatable bonds is 7. The first-order valence-corrected chi connectivity index (χ1v) is 11.3. The number of carbonyl (C=O) groups is 2. The summed E-state index contributed by atoms with van der Waals surface area (Å²) in [5, 5.41) is 14.5. The van der Waals surface area contributed by atoms with E-state index in [0.717, 1.165) is 23.9 Å². The van der Waals surface area contributed by atoms with Gasteiger partial charge in [0.25, 0.3) is 0 Å². The molecule has 1 heterocycles. The molecule has 1 N–H and O–H groups in total. The van der Waals surface area contributed by atoms with Crippen LogP contribution in [0.3, 0.4) is 0 Å². The van der Waals surface area contributed by atoms with Gasteiger partial charge in [-0.1, -0.05) is 6.07 Å². The van der Waals surface area contributed by atoms with Crippen molar-refractivity contribution in [3.05, 3.63) is 86.0 Å². The zero-order valence-corrected chi connectivity index (χ0v) is 20.1. The Morgan fingerprint density at radius 1 is 1.17 bits per heavy atom. The topological polar surface area (TPSA) is 117 Å². The maximum absolute atomic E-state index is 13.8. The van der Waals surface area contributed by atoms with Crippen LogP contribution in [-0.2, 0) is 20.9 Å². The van der Waals surface area contributed by atoms with Gasteiger partial charge in [0.2, 0.25) is 0 Å². The number of nitrogens with one attached hydrogen (secondary N) is 1. The molecule has 9 nitrogen and oxygen atoms in total. The SMILES string of the molecule is COC(=O)C1=C(C)NC2=C(C(=O)CCC2)[C@@H]1c1ccc(OC)c(COc2cc(F)ccc2[N+](=O)[O-])c1. The van der Waals surface area contributed by atoms with Crippen LogP contribution in [0.5, 0.6) is 11.5 Å². The Morgan fingerprint density at radius 2 is 1.94 bits per heavy atom. The van der Waals surface area contributed by atoms with Gasteiger partial charge in [-0.3, -0.25) is 14.9 Å². The highest BCUT2D eigenvalue weighted by Crippen LogP contribution is 2.43. The fourth-order valence-electron chi connectivity index (χ4n) is 4.70. The molecule has 0 unspecified atom stereocenters. The number of methoxy groups -OCH3 is 2. The number of nitro groups is 1. The fraction of sp³-hybridized carbons (Fsp3) is 0.308. The summed E-state index contributed by atoms with van der Waals surface area (Å²) in [6, 6.07) is 8.12. The molecule has 2 aromatic rings. The number of hydrogen-bond acceptors (Lipinski definition) is 8. The third kappa shape index (κ3) is 4.66. The Hall–Kier alpha value is -4.21. The zero-order chi connectivity index (χ0) is 26.0. The molecular formula is C26H25FN2O7. The van der Waals surface area contributed by atoms with Gasteiger partial charge in [0.1, 0.15) is 18.2 Å². The van der Waals surface area contributed by atoms with Crippen molar-refractivity contribution in [3.8, 4) is 11.5 Å². The van der Waals surface area contributed by atoms with Crippen LogP contribution in [0, 0.1) is 15.9 Å². The van der Waals surface area contributed by atoms with Gasteiger partial charge in [-0.2, -0.15) is 0 Å². The summed E-state index contributed by atoms with van der Waals surface area (Å²) in [7, 11) is 2.74. The Labute approximate surface area is 206 Å². The number of dihydropyridines is 1. The predicted molar refractivity (Wildman–Crippen MR) is 127 cm³/mol. The van der Waals surface area contributed by atoms with E-state index in [4.69, 9.17) is 14.2 Å². The van der Waals surface area contributed by atoms with E-state index in [2.05, 4.69) is 5.32 Å². The molecule has 0 amide bonds. The lowest BCUT2D eigenvalue weighted by molar-refractivity contribution is -0.386. The van der Waals surface area contributed by atoms with Gasteiger partial charge >= 0.3 is 11.7 Å². The van der Waals surface area contributed by atoms with Gasteiger partial charge in [-0.25, -0.2) is 9.18 Å². The molecule has 2 aliphatic rings. The quantitative estimate of drug-likeness (QED) is 0.339. The van der Waals surface area contributed by atoms with E-state index in [1.807, 2.05) is 0 Å². The summed E-state index contributed by atoms with van der Waals surface area (Å²) >= 11 is 0. The summed E-state index contributed by atoms with van der Waals surface area (Å²) in [4.78, 5) is 36.5. The van der Waals surface area contributed by atoms with Crippen LogP contribution in [-0.4, -0.2) is 30.9 Å². The molecule has 0 aromatic heterocycles. The maximum Gasteiger partial charge on any atom is 0.336 e. The van der Waals surface area contributed by atoms with E-state index in [1.165, 1.54) is 14.2 Å². The number of ketones is 1. The minimum atomic E-state index is -0.676. The number of allylic oxidation sites excluding steroid dienone is 3. The summed E-state index contributed by atoms with van der Waals surface area (Å²) < 4.78 is 29.9. The Kier molecular flexibility index (Phi) is 7.05. The van der Waals surface area contributed by atoms with Gasteiger partial charge in [0, 0.05) is 47.0 Å². The second-order valence-corrected chi connectivity index (χ2v) is 8.49. The van der Waals surface area contributed by atoms with Crippen molar-refractivity contribution in [3.63, 3.8) is 0 Å². The lowest BCUT2D eigenvalue weighted by Gasteiger charge is -2.34. The minimum absolute atomic E-state index is 0.0494. The van der Waals surface area contributed by atoms with Crippen molar-refractivity contribution in [1.29, 1.82) is 0 Å². The molecule has 0 fully saturated rings. The summed E-state index contributed by atoms with van der Waals surface area (Å²) in [5.41, 5.74) is 2.98. The van der Waals surface area contributed by atoms with Crippen LogP contribution in [0.25, 0.3) is 0 Å².